The molecule has 0 aromatic heterocycles. The molecule has 0 saturated heterocycles. The van der Waals surface area contributed by atoms with Crippen LogP contribution in [0.4, 0.5) is 5.69 Å². The first kappa shape index (κ1) is 27.9. The minimum Gasteiger partial charge on any atom is -0.480 e. The van der Waals surface area contributed by atoms with E-state index in [9.17, 15) is 24.3 Å². The van der Waals surface area contributed by atoms with Gasteiger partial charge in [-0.15, -0.1) is 0 Å². The highest BCUT2D eigenvalue weighted by Gasteiger charge is 2.34. The first-order valence-electron chi connectivity index (χ1n) is 12.6. The summed E-state index contributed by atoms with van der Waals surface area (Å²) in [7, 11) is 0. The highest BCUT2D eigenvalue weighted by molar-refractivity contribution is 6.02. The molecule has 37 heavy (non-hydrogen) atoms. The normalized spacial score (nSPS) is 15.9. The summed E-state index contributed by atoms with van der Waals surface area (Å²) in [5, 5.41) is 12.8. The van der Waals surface area contributed by atoms with E-state index < -0.39 is 24.0 Å². The van der Waals surface area contributed by atoms with Gasteiger partial charge in [-0.25, -0.2) is 0 Å². The van der Waals surface area contributed by atoms with Crippen molar-refractivity contribution in [1.82, 2.24) is 5.32 Å². The van der Waals surface area contributed by atoms with Crippen molar-refractivity contribution in [1.29, 1.82) is 0 Å². The van der Waals surface area contributed by atoms with Crippen LogP contribution in [0.25, 0.3) is 0 Å². The Balaban J connectivity index is 1.55. The molecule has 0 radical (unpaired) electrons. The van der Waals surface area contributed by atoms with Crippen LogP contribution >= 0.6 is 0 Å². The molecule has 0 aliphatic carbocycles. The molecule has 0 saturated carbocycles. The SMILES string of the molecule is CCOC(=O)CN1C(=O)[C@@H](N[C@@H](CCCCC(=O)OCc2ccccc2)C(=O)O)CCc2ccccc21. The molecule has 2 N–H and O–H groups in total. The Labute approximate surface area is 216 Å². The summed E-state index contributed by atoms with van der Waals surface area (Å²) in [5.74, 6) is -2.30. The Kier molecular flexibility index (Phi) is 10.6. The van der Waals surface area contributed by atoms with E-state index in [2.05, 4.69) is 5.32 Å². The Bertz CT molecular complexity index is 1070. The fourth-order valence-corrected chi connectivity index (χ4v) is 4.32. The highest BCUT2D eigenvalue weighted by atomic mass is 16.5. The average molecular weight is 511 g/mol. The molecule has 1 heterocycles. The summed E-state index contributed by atoms with van der Waals surface area (Å²) in [6.07, 6.45) is 2.32. The quantitative estimate of drug-likeness (QED) is 0.311. The number of aliphatic carboxylic acids is 1. The van der Waals surface area contributed by atoms with Gasteiger partial charge in [-0.05, 0) is 49.8 Å². The minimum absolute atomic E-state index is 0.185. The van der Waals surface area contributed by atoms with Crippen LogP contribution in [0.15, 0.2) is 54.6 Å². The van der Waals surface area contributed by atoms with Gasteiger partial charge in [0, 0.05) is 12.1 Å². The number of benzene rings is 2. The zero-order valence-electron chi connectivity index (χ0n) is 21.1. The molecule has 2 aromatic carbocycles. The molecule has 1 amide bonds. The van der Waals surface area contributed by atoms with Crippen molar-refractivity contribution in [3.8, 4) is 0 Å². The van der Waals surface area contributed by atoms with E-state index in [4.69, 9.17) is 9.47 Å². The Morgan fingerprint density at radius 1 is 1.03 bits per heavy atom. The Morgan fingerprint density at radius 2 is 1.76 bits per heavy atom. The maximum Gasteiger partial charge on any atom is 0.326 e. The number of anilines is 1. The number of carbonyl (C=O) groups excluding carboxylic acids is 3. The molecule has 0 unspecified atom stereocenters. The standard InChI is InChI=1S/C28H34N2O7/c1-2-36-26(32)18-30-24-14-8-6-12-21(24)16-17-22(27(30)33)29-23(28(34)35)13-7-9-15-25(31)37-19-20-10-4-3-5-11-20/h3-6,8,10-12,14,22-23,29H,2,7,9,13,15-19H2,1H3,(H,34,35)/t22-,23-/m0/s1. The zero-order chi connectivity index (χ0) is 26.6. The second kappa shape index (κ2) is 14.1. The molecule has 0 fully saturated rings. The number of nitrogens with one attached hydrogen (secondary N) is 1. The van der Waals surface area contributed by atoms with Crippen LogP contribution in [-0.2, 0) is 41.7 Å². The third kappa shape index (κ3) is 8.42. The van der Waals surface area contributed by atoms with E-state index in [0.717, 1.165) is 11.1 Å². The predicted molar refractivity (Wildman–Crippen MR) is 137 cm³/mol. The van der Waals surface area contributed by atoms with E-state index >= 15 is 0 Å². The van der Waals surface area contributed by atoms with Crippen molar-refractivity contribution in [3.63, 3.8) is 0 Å². The molecule has 2 aromatic rings. The lowest BCUT2D eigenvalue weighted by atomic mass is 10.0. The number of carbonyl (C=O) groups is 4. The molecule has 0 bridgehead atoms. The van der Waals surface area contributed by atoms with Crippen molar-refractivity contribution in [2.45, 2.75) is 64.1 Å². The molecule has 9 heteroatoms. The maximum atomic E-state index is 13.4. The third-order valence-electron chi connectivity index (χ3n) is 6.21. The lowest BCUT2D eigenvalue weighted by Crippen LogP contribution is -2.52. The van der Waals surface area contributed by atoms with Gasteiger partial charge in [0.1, 0.15) is 19.2 Å². The topological polar surface area (TPSA) is 122 Å². The van der Waals surface area contributed by atoms with Gasteiger partial charge in [0.05, 0.1) is 12.6 Å². The number of unbranched alkanes of at least 4 members (excludes halogenated alkanes) is 1. The summed E-state index contributed by atoms with van der Waals surface area (Å²) in [6, 6.07) is 15.0. The number of rotatable bonds is 13. The monoisotopic (exact) mass is 510 g/mol. The first-order valence-corrected chi connectivity index (χ1v) is 12.6. The van der Waals surface area contributed by atoms with Crippen LogP contribution in [0.5, 0.6) is 0 Å². The van der Waals surface area contributed by atoms with Crippen LogP contribution < -0.4 is 10.2 Å². The molecular formula is C28H34N2O7. The molecule has 9 nitrogen and oxygen atoms in total. The van der Waals surface area contributed by atoms with Crippen molar-refractivity contribution in [2.75, 3.05) is 18.1 Å². The smallest absolute Gasteiger partial charge is 0.326 e. The van der Waals surface area contributed by atoms with Crippen LogP contribution in [0.2, 0.25) is 0 Å². The number of fused-ring (bicyclic) bond motifs is 1. The van der Waals surface area contributed by atoms with E-state index in [1.807, 2.05) is 42.5 Å². The molecular weight excluding hydrogens is 476 g/mol. The zero-order valence-corrected chi connectivity index (χ0v) is 21.1. The largest absolute Gasteiger partial charge is 0.480 e. The van der Waals surface area contributed by atoms with Crippen molar-refractivity contribution >= 4 is 29.5 Å². The molecule has 1 aliphatic heterocycles. The molecule has 2 atom stereocenters. The number of ether oxygens (including phenoxy) is 2. The maximum absolute atomic E-state index is 13.4. The minimum atomic E-state index is -1.07. The predicted octanol–water partition coefficient (Wildman–Crippen LogP) is 3.24. The van der Waals surface area contributed by atoms with Crippen molar-refractivity contribution < 1.29 is 33.8 Å². The number of carboxylic acids is 1. The van der Waals surface area contributed by atoms with Crippen molar-refractivity contribution in [2.24, 2.45) is 0 Å². The van der Waals surface area contributed by atoms with Crippen LogP contribution in [-0.4, -0.2) is 54.2 Å². The van der Waals surface area contributed by atoms with E-state index in [1.165, 1.54) is 4.90 Å². The molecule has 3 rings (SSSR count). The molecule has 1 aliphatic rings. The van der Waals surface area contributed by atoms with E-state index in [-0.39, 0.29) is 44.5 Å². The van der Waals surface area contributed by atoms with Gasteiger partial charge in [0.2, 0.25) is 5.91 Å². The fraction of sp³-hybridized carbons (Fsp3) is 0.429. The summed E-state index contributed by atoms with van der Waals surface area (Å²) in [6.45, 7) is 1.85. The van der Waals surface area contributed by atoms with E-state index in [0.29, 0.717) is 31.4 Å². The van der Waals surface area contributed by atoms with Gasteiger partial charge < -0.3 is 14.6 Å². The summed E-state index contributed by atoms with van der Waals surface area (Å²) in [5.41, 5.74) is 2.44. The van der Waals surface area contributed by atoms with Gasteiger partial charge in [-0.3, -0.25) is 29.4 Å². The number of hydrogen-bond acceptors (Lipinski definition) is 7. The van der Waals surface area contributed by atoms with E-state index in [1.54, 1.807) is 19.1 Å². The lowest BCUT2D eigenvalue weighted by Gasteiger charge is -2.27. The summed E-state index contributed by atoms with van der Waals surface area (Å²) < 4.78 is 10.3. The lowest BCUT2D eigenvalue weighted by molar-refractivity contribution is -0.145. The second-order valence-electron chi connectivity index (χ2n) is 8.90. The first-order chi connectivity index (χ1) is 17.9. The molecule has 198 valence electrons. The molecule has 0 spiro atoms. The number of amides is 1. The van der Waals surface area contributed by atoms with Gasteiger partial charge in [-0.2, -0.15) is 0 Å². The number of nitrogens with zero attached hydrogens (tertiary/aromatic N) is 1. The van der Waals surface area contributed by atoms with Crippen molar-refractivity contribution in [3.05, 3.63) is 65.7 Å². The Hall–Kier alpha value is -3.72. The van der Waals surface area contributed by atoms with Gasteiger partial charge in [0.25, 0.3) is 0 Å². The summed E-state index contributed by atoms with van der Waals surface area (Å²) in [4.78, 5) is 51.0. The van der Waals surface area contributed by atoms with Crippen LogP contribution in [0, 0.1) is 0 Å². The van der Waals surface area contributed by atoms with Gasteiger partial charge >= 0.3 is 17.9 Å². The number of aryl methyl sites for hydroxylation is 1. The van der Waals surface area contributed by atoms with Gasteiger partial charge in [-0.1, -0.05) is 55.0 Å². The second-order valence-corrected chi connectivity index (χ2v) is 8.90. The highest BCUT2D eigenvalue weighted by Crippen LogP contribution is 2.27. The van der Waals surface area contributed by atoms with Crippen LogP contribution in [0.1, 0.15) is 50.2 Å². The fourth-order valence-electron chi connectivity index (χ4n) is 4.32. The number of hydrogen-bond donors (Lipinski definition) is 2. The third-order valence-corrected chi connectivity index (χ3v) is 6.21. The Morgan fingerprint density at radius 3 is 2.49 bits per heavy atom. The number of esters is 2. The number of carboxylic acid groups (broad SMARTS) is 1. The average Bonchev–Trinajstić information content (AvgIpc) is 3.02. The van der Waals surface area contributed by atoms with Gasteiger partial charge in [0.15, 0.2) is 0 Å². The van der Waals surface area contributed by atoms with Crippen LogP contribution in [0.3, 0.4) is 0 Å². The number of para-hydroxylation sites is 1. The summed E-state index contributed by atoms with van der Waals surface area (Å²) >= 11 is 0.